The Kier molecular flexibility index (Phi) is 4.03. The number of halogens is 1. The second-order valence-corrected chi connectivity index (χ2v) is 4.72. The predicted molar refractivity (Wildman–Crippen MR) is 70.0 cm³/mol. The van der Waals surface area contributed by atoms with Crippen LogP contribution in [0.15, 0.2) is 22.7 Å². The quantitative estimate of drug-likeness (QED) is 0.902. The fraction of sp³-hybridized carbons (Fsp3) is 0.273. The Balaban J connectivity index is 1.87. The van der Waals surface area contributed by atoms with Crippen LogP contribution in [0.1, 0.15) is 17.5 Å². The highest BCUT2D eigenvalue weighted by molar-refractivity contribution is 9.10. The summed E-state index contributed by atoms with van der Waals surface area (Å²) in [6.07, 6.45) is 1.06. The minimum atomic E-state index is -0.128. The van der Waals surface area contributed by atoms with Crippen LogP contribution in [0.5, 0.6) is 0 Å². The lowest BCUT2D eigenvalue weighted by Gasteiger charge is -2.04. The maximum atomic E-state index is 11.6. The molecule has 7 heteroatoms. The van der Waals surface area contributed by atoms with E-state index in [9.17, 15) is 4.79 Å². The number of carbonyl (C=O) groups is 1. The summed E-state index contributed by atoms with van der Waals surface area (Å²) < 4.78 is 1.07. The fourth-order valence-corrected chi connectivity index (χ4v) is 1.77. The zero-order valence-corrected chi connectivity index (χ0v) is 11.4. The molecule has 0 radical (unpaired) electrons. The number of nitrogens with one attached hydrogen (secondary N) is 2. The molecule has 1 amide bonds. The molecule has 1 aromatic heterocycles. The third kappa shape index (κ3) is 3.36. The van der Waals surface area contributed by atoms with Gasteiger partial charge in [-0.05, 0) is 35.8 Å². The number of nitrogens with zero attached hydrogens (tertiary/aromatic N) is 3. The van der Waals surface area contributed by atoms with Crippen molar-refractivity contribution in [1.82, 2.24) is 20.6 Å². The van der Waals surface area contributed by atoms with E-state index in [0.29, 0.717) is 12.8 Å². The predicted octanol–water partition coefficient (Wildman–Crippen LogP) is 1.84. The summed E-state index contributed by atoms with van der Waals surface area (Å²) >= 11 is 3.44. The molecule has 1 heterocycles. The highest BCUT2D eigenvalue weighted by Crippen LogP contribution is 2.17. The number of tetrazole rings is 1. The first kappa shape index (κ1) is 12.7. The van der Waals surface area contributed by atoms with Gasteiger partial charge >= 0.3 is 0 Å². The van der Waals surface area contributed by atoms with Crippen LogP contribution in [-0.2, 0) is 11.2 Å². The Bertz CT molecular complexity index is 540. The molecule has 2 aromatic rings. The zero-order chi connectivity index (χ0) is 13.0. The van der Waals surface area contributed by atoms with Gasteiger partial charge in [0.15, 0.2) is 0 Å². The van der Waals surface area contributed by atoms with E-state index < -0.39 is 0 Å². The van der Waals surface area contributed by atoms with Crippen LogP contribution in [-0.4, -0.2) is 26.5 Å². The second-order valence-electron chi connectivity index (χ2n) is 3.87. The Morgan fingerprint density at radius 1 is 1.50 bits per heavy atom. The molecule has 0 atom stereocenters. The maximum absolute atomic E-state index is 11.6. The van der Waals surface area contributed by atoms with Crippen LogP contribution in [0.2, 0.25) is 0 Å². The molecule has 0 saturated carbocycles. The van der Waals surface area contributed by atoms with E-state index in [-0.39, 0.29) is 11.9 Å². The number of aromatic amines is 1. The molecule has 0 spiro atoms. The van der Waals surface area contributed by atoms with Crippen molar-refractivity contribution >= 4 is 27.8 Å². The van der Waals surface area contributed by atoms with Gasteiger partial charge in [0, 0.05) is 10.9 Å². The molecule has 0 aliphatic rings. The summed E-state index contributed by atoms with van der Waals surface area (Å²) in [4.78, 5) is 11.6. The summed E-state index contributed by atoms with van der Waals surface area (Å²) in [6.45, 7) is 2.02. The van der Waals surface area contributed by atoms with Crippen LogP contribution in [0.4, 0.5) is 5.95 Å². The average molecular weight is 310 g/mol. The third-order valence-electron chi connectivity index (χ3n) is 2.46. The average Bonchev–Trinajstić information content (AvgIpc) is 2.83. The molecule has 0 aliphatic heterocycles. The summed E-state index contributed by atoms with van der Waals surface area (Å²) in [7, 11) is 0. The standard InChI is InChI=1S/C11H12BrN5O/c1-7-6-8(2-4-9(7)12)3-5-10(18)13-11-14-16-17-15-11/h2,4,6H,3,5H2,1H3,(H2,13,14,15,16,17,18). The first-order valence-corrected chi connectivity index (χ1v) is 6.23. The molecular formula is C11H12BrN5O. The van der Waals surface area contributed by atoms with E-state index in [1.165, 1.54) is 0 Å². The minimum absolute atomic E-state index is 0.128. The number of hydrogen-bond acceptors (Lipinski definition) is 4. The number of rotatable bonds is 4. The van der Waals surface area contributed by atoms with Gasteiger partial charge in [-0.1, -0.05) is 33.2 Å². The summed E-state index contributed by atoms with van der Waals surface area (Å²) in [5.41, 5.74) is 2.28. The lowest BCUT2D eigenvalue weighted by Crippen LogP contribution is -2.13. The van der Waals surface area contributed by atoms with Crippen molar-refractivity contribution in [3.8, 4) is 0 Å². The molecule has 2 rings (SSSR count). The van der Waals surface area contributed by atoms with Gasteiger partial charge in [-0.15, -0.1) is 5.10 Å². The van der Waals surface area contributed by atoms with Gasteiger partial charge in [0.2, 0.25) is 5.91 Å². The molecule has 18 heavy (non-hydrogen) atoms. The number of anilines is 1. The van der Waals surface area contributed by atoms with Gasteiger partial charge in [0.1, 0.15) is 0 Å². The van der Waals surface area contributed by atoms with Crippen molar-refractivity contribution in [2.45, 2.75) is 19.8 Å². The Labute approximate surface area is 112 Å². The van der Waals surface area contributed by atoms with Gasteiger partial charge in [0.25, 0.3) is 5.95 Å². The normalized spacial score (nSPS) is 10.3. The fourth-order valence-electron chi connectivity index (χ4n) is 1.52. The number of aromatic nitrogens is 4. The van der Waals surface area contributed by atoms with E-state index in [1.54, 1.807) is 0 Å². The molecule has 6 nitrogen and oxygen atoms in total. The van der Waals surface area contributed by atoms with E-state index in [2.05, 4.69) is 47.9 Å². The van der Waals surface area contributed by atoms with E-state index >= 15 is 0 Å². The van der Waals surface area contributed by atoms with Crippen LogP contribution in [0.25, 0.3) is 0 Å². The van der Waals surface area contributed by atoms with Gasteiger partial charge in [-0.2, -0.15) is 5.21 Å². The smallest absolute Gasteiger partial charge is 0.269 e. The molecule has 1 aromatic carbocycles. The van der Waals surface area contributed by atoms with Gasteiger partial charge in [-0.3, -0.25) is 10.1 Å². The van der Waals surface area contributed by atoms with Gasteiger partial charge < -0.3 is 0 Å². The molecular weight excluding hydrogens is 298 g/mol. The first-order valence-electron chi connectivity index (χ1n) is 5.43. The van der Waals surface area contributed by atoms with E-state index in [4.69, 9.17) is 0 Å². The van der Waals surface area contributed by atoms with Crippen LogP contribution in [0, 0.1) is 6.92 Å². The zero-order valence-electron chi connectivity index (χ0n) is 9.77. The molecule has 2 N–H and O–H groups in total. The molecule has 94 valence electrons. The lowest BCUT2D eigenvalue weighted by molar-refractivity contribution is -0.116. The number of hydrogen-bond donors (Lipinski definition) is 2. The molecule has 0 unspecified atom stereocenters. The number of benzene rings is 1. The van der Waals surface area contributed by atoms with E-state index in [1.807, 2.05) is 19.1 Å². The third-order valence-corrected chi connectivity index (χ3v) is 3.35. The lowest BCUT2D eigenvalue weighted by atomic mass is 10.1. The highest BCUT2D eigenvalue weighted by Gasteiger charge is 2.06. The van der Waals surface area contributed by atoms with E-state index in [0.717, 1.165) is 15.6 Å². The first-order chi connectivity index (χ1) is 8.65. The van der Waals surface area contributed by atoms with Crippen molar-refractivity contribution in [3.63, 3.8) is 0 Å². The topological polar surface area (TPSA) is 83.6 Å². The van der Waals surface area contributed by atoms with Crippen molar-refractivity contribution in [3.05, 3.63) is 33.8 Å². The number of H-pyrrole nitrogens is 1. The summed E-state index contributed by atoms with van der Waals surface area (Å²) in [5.74, 6) is 0.0731. The highest BCUT2D eigenvalue weighted by atomic mass is 79.9. The number of amides is 1. The second kappa shape index (κ2) is 5.72. The Morgan fingerprint density at radius 2 is 2.33 bits per heavy atom. The number of aryl methyl sites for hydroxylation is 2. The molecule has 0 saturated heterocycles. The van der Waals surface area contributed by atoms with Gasteiger partial charge in [-0.25, -0.2) is 0 Å². The maximum Gasteiger partial charge on any atom is 0.269 e. The Hall–Kier alpha value is -1.76. The molecule has 0 aliphatic carbocycles. The SMILES string of the molecule is Cc1cc(CCC(=O)Nc2nn[nH]n2)ccc1Br. The van der Waals surface area contributed by atoms with Gasteiger partial charge in [0.05, 0.1) is 0 Å². The summed E-state index contributed by atoms with van der Waals surface area (Å²) in [6, 6.07) is 6.05. The Morgan fingerprint density at radius 3 is 3.00 bits per heavy atom. The van der Waals surface area contributed by atoms with Crippen LogP contribution in [0.3, 0.4) is 0 Å². The van der Waals surface area contributed by atoms with Crippen LogP contribution >= 0.6 is 15.9 Å². The largest absolute Gasteiger partial charge is 0.292 e. The van der Waals surface area contributed by atoms with Crippen molar-refractivity contribution in [2.24, 2.45) is 0 Å². The minimum Gasteiger partial charge on any atom is -0.292 e. The summed E-state index contributed by atoms with van der Waals surface area (Å²) in [5, 5.41) is 15.5. The van der Waals surface area contributed by atoms with Crippen molar-refractivity contribution in [2.75, 3.05) is 5.32 Å². The van der Waals surface area contributed by atoms with Crippen LogP contribution < -0.4 is 5.32 Å². The molecule has 0 bridgehead atoms. The monoisotopic (exact) mass is 309 g/mol. The van der Waals surface area contributed by atoms with Crippen molar-refractivity contribution < 1.29 is 4.79 Å². The number of carbonyl (C=O) groups excluding carboxylic acids is 1. The van der Waals surface area contributed by atoms with Crippen molar-refractivity contribution in [1.29, 1.82) is 0 Å². The molecule has 0 fully saturated rings.